The van der Waals surface area contributed by atoms with Crippen LogP contribution in [-0.2, 0) is 6.18 Å². The Kier molecular flexibility index (Phi) is 3.13. The summed E-state index contributed by atoms with van der Waals surface area (Å²) in [5.41, 5.74) is 0.920. The Balaban J connectivity index is 2.29. The second-order valence-electron chi connectivity index (χ2n) is 3.28. The van der Waals surface area contributed by atoms with Crippen LogP contribution >= 0.6 is 0 Å². The maximum absolute atomic E-state index is 12.2. The highest BCUT2D eigenvalue weighted by molar-refractivity contribution is 6.11. The zero-order valence-corrected chi connectivity index (χ0v) is 9.14. The zero-order valence-electron chi connectivity index (χ0n) is 9.14. The van der Waals surface area contributed by atoms with Gasteiger partial charge in [-0.25, -0.2) is 0 Å². The van der Waals surface area contributed by atoms with Crippen molar-refractivity contribution in [1.29, 1.82) is 0 Å². The normalized spacial score (nSPS) is 12.2. The first-order chi connectivity index (χ1) is 8.50. The van der Waals surface area contributed by atoms with Crippen molar-refractivity contribution in [2.24, 2.45) is 4.90 Å². The number of hydrogen-bond donors (Lipinski definition) is 0. The summed E-state index contributed by atoms with van der Waals surface area (Å²) in [6, 6.07) is 3.13. The number of aromatic nitrogens is 3. The van der Waals surface area contributed by atoms with Crippen LogP contribution in [0, 0.1) is 0 Å². The molecule has 0 saturated heterocycles. The first kappa shape index (κ1) is 12.3. The Labute approximate surface area is 100 Å². The van der Waals surface area contributed by atoms with Crippen molar-refractivity contribution < 1.29 is 17.7 Å². The number of rotatable bonds is 2. The fourth-order valence-corrected chi connectivity index (χ4v) is 1.21. The van der Waals surface area contributed by atoms with Gasteiger partial charge >= 0.3 is 12.1 Å². The number of alkyl halides is 3. The molecule has 0 amide bonds. The molecule has 0 aliphatic carbocycles. The second-order valence-corrected chi connectivity index (χ2v) is 3.28. The van der Waals surface area contributed by atoms with Gasteiger partial charge in [-0.3, -0.25) is 4.98 Å². The molecule has 0 aliphatic heterocycles. The van der Waals surface area contributed by atoms with Crippen LogP contribution in [0.2, 0.25) is 0 Å². The maximum atomic E-state index is 12.2. The standard InChI is InChI=1S/C9H6BF3N4O/c10-15-4-5-1-2-6(14-3-5)7-16-8(18-17-7)9(11,12)13/h1-4H,10H2/b15-4-. The minimum absolute atomic E-state index is 0.197. The molecule has 9 heteroatoms. The van der Waals surface area contributed by atoms with E-state index in [-0.39, 0.29) is 11.5 Å². The molecular formula is C9H6BF3N4O. The van der Waals surface area contributed by atoms with Crippen LogP contribution in [0.1, 0.15) is 11.5 Å². The molecule has 0 bridgehead atoms. The Morgan fingerprint density at radius 3 is 2.61 bits per heavy atom. The topological polar surface area (TPSA) is 64.2 Å². The lowest BCUT2D eigenvalue weighted by atomic mass is 10.2. The van der Waals surface area contributed by atoms with Gasteiger partial charge in [0.1, 0.15) is 5.69 Å². The summed E-state index contributed by atoms with van der Waals surface area (Å²) in [6.07, 6.45) is -1.64. The number of pyridine rings is 1. The van der Waals surface area contributed by atoms with Crippen molar-refractivity contribution in [2.75, 3.05) is 0 Å². The van der Waals surface area contributed by atoms with Gasteiger partial charge in [-0.15, -0.1) is 0 Å². The van der Waals surface area contributed by atoms with E-state index in [9.17, 15) is 13.2 Å². The van der Waals surface area contributed by atoms with Gasteiger partial charge in [-0.2, -0.15) is 18.2 Å². The molecule has 0 fully saturated rings. The van der Waals surface area contributed by atoms with Crippen molar-refractivity contribution >= 4 is 14.2 Å². The highest BCUT2D eigenvalue weighted by Crippen LogP contribution is 2.28. The van der Waals surface area contributed by atoms with Crippen LogP contribution < -0.4 is 0 Å². The summed E-state index contributed by atoms with van der Waals surface area (Å²) in [7, 11) is 1.60. The van der Waals surface area contributed by atoms with Crippen molar-refractivity contribution in [1.82, 2.24) is 15.1 Å². The van der Waals surface area contributed by atoms with Crippen molar-refractivity contribution in [2.45, 2.75) is 6.18 Å². The zero-order chi connectivity index (χ0) is 13.2. The summed E-state index contributed by atoms with van der Waals surface area (Å²) < 4.78 is 40.9. The number of halogens is 3. The molecule has 0 unspecified atom stereocenters. The highest BCUT2D eigenvalue weighted by Gasteiger charge is 2.38. The van der Waals surface area contributed by atoms with Crippen molar-refractivity contribution in [3.8, 4) is 11.5 Å². The summed E-state index contributed by atoms with van der Waals surface area (Å²) in [5.74, 6) is -1.60. The van der Waals surface area contributed by atoms with Crippen molar-refractivity contribution in [3.63, 3.8) is 0 Å². The summed E-state index contributed by atoms with van der Waals surface area (Å²) >= 11 is 0. The van der Waals surface area contributed by atoms with Crippen molar-refractivity contribution in [3.05, 3.63) is 29.8 Å². The van der Waals surface area contributed by atoms with E-state index in [1.807, 2.05) is 0 Å². The van der Waals surface area contributed by atoms with Gasteiger partial charge in [-0.05, 0) is 12.1 Å². The van der Waals surface area contributed by atoms with Crippen LogP contribution in [0.3, 0.4) is 0 Å². The summed E-state index contributed by atoms with van der Waals surface area (Å²) in [6.45, 7) is 0. The largest absolute Gasteiger partial charge is 0.471 e. The molecule has 0 aliphatic rings. The lowest BCUT2D eigenvalue weighted by molar-refractivity contribution is -0.159. The van der Waals surface area contributed by atoms with E-state index in [1.165, 1.54) is 12.3 Å². The van der Waals surface area contributed by atoms with Crippen LogP contribution in [0.25, 0.3) is 11.5 Å². The molecule has 0 N–H and O–H groups in total. The fourth-order valence-electron chi connectivity index (χ4n) is 1.21. The monoisotopic (exact) mass is 254 g/mol. The quantitative estimate of drug-likeness (QED) is 0.595. The highest BCUT2D eigenvalue weighted by atomic mass is 19.4. The van der Waals surface area contributed by atoms with E-state index in [1.54, 1.807) is 20.3 Å². The molecule has 5 nitrogen and oxygen atoms in total. The minimum atomic E-state index is -4.65. The Bertz CT molecular complexity index is 564. The smallest absolute Gasteiger partial charge is 0.358 e. The molecule has 2 heterocycles. The van der Waals surface area contributed by atoms with Crippen LogP contribution in [0.4, 0.5) is 13.2 Å². The molecule has 0 aromatic carbocycles. The minimum Gasteiger partial charge on any atom is -0.358 e. The van der Waals surface area contributed by atoms with Crippen LogP contribution in [0.5, 0.6) is 0 Å². The van der Waals surface area contributed by atoms with Gasteiger partial charge in [0.2, 0.25) is 13.8 Å². The third-order valence-electron chi connectivity index (χ3n) is 1.96. The van der Waals surface area contributed by atoms with E-state index in [0.29, 0.717) is 0 Å². The lowest BCUT2D eigenvalue weighted by Gasteiger charge is -1.96. The maximum Gasteiger partial charge on any atom is 0.471 e. The molecule has 0 atom stereocenters. The molecule has 0 radical (unpaired) electrons. The van der Waals surface area contributed by atoms with Gasteiger partial charge < -0.3 is 9.43 Å². The average Bonchev–Trinajstić information content (AvgIpc) is 2.79. The molecule has 0 spiro atoms. The molecule has 2 aromatic rings. The Morgan fingerprint density at radius 1 is 1.33 bits per heavy atom. The van der Waals surface area contributed by atoms with E-state index in [0.717, 1.165) is 5.56 Å². The predicted octanol–water partition coefficient (Wildman–Crippen LogP) is 1.12. The first-order valence-electron chi connectivity index (χ1n) is 4.80. The predicted molar refractivity (Wildman–Crippen MR) is 58.7 cm³/mol. The van der Waals surface area contributed by atoms with E-state index in [4.69, 9.17) is 0 Å². The molecule has 0 saturated carbocycles. The summed E-state index contributed by atoms with van der Waals surface area (Å²) in [4.78, 5) is 10.9. The second kappa shape index (κ2) is 4.59. The number of nitrogens with zero attached hydrogens (tertiary/aromatic N) is 4. The van der Waals surface area contributed by atoms with Gasteiger partial charge in [0.25, 0.3) is 0 Å². The molecule has 2 rings (SSSR count). The Hall–Kier alpha value is -2.19. The molecule has 92 valence electrons. The van der Waals surface area contributed by atoms with Gasteiger partial charge in [0.05, 0.1) is 0 Å². The number of hydrogen-bond acceptors (Lipinski definition) is 5. The third-order valence-corrected chi connectivity index (χ3v) is 1.96. The van der Waals surface area contributed by atoms with Crippen LogP contribution in [0.15, 0.2) is 27.8 Å². The SMILES string of the molecule is B/N=C\c1ccc(-c2noc(C(F)(F)F)n2)nc1. The lowest BCUT2D eigenvalue weighted by Crippen LogP contribution is -2.04. The molecule has 2 aromatic heterocycles. The van der Waals surface area contributed by atoms with E-state index >= 15 is 0 Å². The Morgan fingerprint density at radius 2 is 2.11 bits per heavy atom. The fraction of sp³-hybridized carbons (Fsp3) is 0.111. The molecule has 18 heavy (non-hydrogen) atoms. The first-order valence-corrected chi connectivity index (χ1v) is 4.80. The van der Waals surface area contributed by atoms with Gasteiger partial charge in [-0.1, -0.05) is 5.16 Å². The average molecular weight is 254 g/mol. The molecular weight excluding hydrogens is 248 g/mol. The van der Waals surface area contributed by atoms with E-state index in [2.05, 4.69) is 24.6 Å². The summed E-state index contributed by atoms with van der Waals surface area (Å²) in [5, 5.41) is 3.23. The van der Waals surface area contributed by atoms with Gasteiger partial charge in [0, 0.05) is 18.0 Å². The van der Waals surface area contributed by atoms with Crippen LogP contribution in [-0.4, -0.2) is 29.3 Å². The third kappa shape index (κ3) is 2.55. The van der Waals surface area contributed by atoms with E-state index < -0.39 is 12.1 Å². The van der Waals surface area contributed by atoms with Gasteiger partial charge in [0.15, 0.2) is 0 Å².